The molecule has 2 amide bonds. The number of nitrogens with zero attached hydrogens (tertiary/aromatic N) is 1. The average Bonchev–Trinajstić information content (AvgIpc) is 2.55. The van der Waals surface area contributed by atoms with E-state index < -0.39 is 47.2 Å². The first kappa shape index (κ1) is 20.6. The van der Waals surface area contributed by atoms with Crippen LogP contribution >= 0.6 is 0 Å². The molecule has 0 bridgehead atoms. The second-order valence-electron chi connectivity index (χ2n) is 7.37. The van der Waals surface area contributed by atoms with Gasteiger partial charge in [-0.3, -0.25) is 9.59 Å². The van der Waals surface area contributed by atoms with E-state index in [-0.39, 0.29) is 25.1 Å². The lowest BCUT2D eigenvalue weighted by Gasteiger charge is -2.37. The van der Waals surface area contributed by atoms with Gasteiger partial charge >= 0.3 is 12.1 Å². The summed E-state index contributed by atoms with van der Waals surface area (Å²) in [6, 6.07) is 1.92. The third-order valence-corrected chi connectivity index (χ3v) is 4.08. The van der Waals surface area contributed by atoms with Crippen LogP contribution in [0.1, 0.15) is 37.6 Å². The van der Waals surface area contributed by atoms with Gasteiger partial charge in [0.1, 0.15) is 5.60 Å². The first-order valence-corrected chi connectivity index (χ1v) is 8.44. The molecule has 2 N–H and O–H groups in total. The lowest BCUT2D eigenvalue weighted by Crippen LogP contribution is -2.55. The quantitative estimate of drug-likeness (QED) is 0.834. The molecular weight excluding hydrogens is 362 g/mol. The van der Waals surface area contributed by atoms with Gasteiger partial charge in [-0.15, -0.1) is 0 Å². The zero-order valence-corrected chi connectivity index (χ0v) is 15.3. The largest absolute Gasteiger partial charge is 0.481 e. The Hall–Kier alpha value is -2.71. The minimum absolute atomic E-state index is 0.118. The van der Waals surface area contributed by atoms with E-state index in [1.165, 1.54) is 4.90 Å². The van der Waals surface area contributed by atoms with E-state index in [2.05, 4.69) is 5.32 Å². The Kier molecular flexibility index (Phi) is 6.02. The standard InChI is InChI=1S/C18H22F2N2O5/c1-18(2,3)27-17(26)22-7-6-14(11(9-22)16(24)25)21-15(23)10-4-5-12(19)13(20)8-10/h4-5,8,11,14H,6-7,9H2,1-3H3,(H,21,23)(H,24,25). The predicted octanol–water partition coefficient (Wildman–Crippen LogP) is 2.40. The van der Waals surface area contributed by atoms with Crippen LogP contribution in [-0.4, -0.2) is 52.7 Å². The number of piperidine rings is 1. The smallest absolute Gasteiger partial charge is 0.410 e. The van der Waals surface area contributed by atoms with Crippen LogP contribution in [-0.2, 0) is 9.53 Å². The van der Waals surface area contributed by atoms with Crippen molar-refractivity contribution in [3.63, 3.8) is 0 Å². The van der Waals surface area contributed by atoms with Crippen LogP contribution in [0.3, 0.4) is 0 Å². The topological polar surface area (TPSA) is 95.9 Å². The highest BCUT2D eigenvalue weighted by Gasteiger charge is 2.38. The Morgan fingerprint density at radius 1 is 1.22 bits per heavy atom. The van der Waals surface area contributed by atoms with E-state index in [1.807, 2.05) is 0 Å². The molecule has 0 radical (unpaired) electrons. The molecule has 27 heavy (non-hydrogen) atoms. The monoisotopic (exact) mass is 384 g/mol. The molecule has 1 aliphatic heterocycles. The van der Waals surface area contributed by atoms with Gasteiger partial charge in [0.15, 0.2) is 11.6 Å². The maximum atomic E-state index is 13.3. The van der Waals surface area contributed by atoms with Crippen molar-refractivity contribution < 1.29 is 33.0 Å². The van der Waals surface area contributed by atoms with E-state index in [0.29, 0.717) is 0 Å². The maximum absolute atomic E-state index is 13.3. The summed E-state index contributed by atoms with van der Waals surface area (Å²) in [5.41, 5.74) is -0.833. The number of carboxylic acid groups (broad SMARTS) is 1. The van der Waals surface area contributed by atoms with Crippen molar-refractivity contribution in [3.05, 3.63) is 35.4 Å². The van der Waals surface area contributed by atoms with Gasteiger partial charge in [0.05, 0.1) is 5.92 Å². The number of rotatable bonds is 3. The molecule has 2 atom stereocenters. The Morgan fingerprint density at radius 2 is 1.89 bits per heavy atom. The van der Waals surface area contributed by atoms with E-state index >= 15 is 0 Å². The summed E-state index contributed by atoms with van der Waals surface area (Å²) in [5, 5.41) is 12.0. The van der Waals surface area contributed by atoms with Crippen LogP contribution in [0.2, 0.25) is 0 Å². The number of carbonyl (C=O) groups is 3. The number of carboxylic acids is 1. The predicted molar refractivity (Wildman–Crippen MR) is 91.2 cm³/mol. The van der Waals surface area contributed by atoms with E-state index in [1.54, 1.807) is 20.8 Å². The molecule has 9 heteroatoms. The fourth-order valence-corrected chi connectivity index (χ4v) is 2.76. The zero-order valence-electron chi connectivity index (χ0n) is 15.3. The van der Waals surface area contributed by atoms with Crippen molar-refractivity contribution in [1.82, 2.24) is 10.2 Å². The number of carbonyl (C=O) groups excluding carboxylic acids is 2. The Balaban J connectivity index is 2.07. The van der Waals surface area contributed by atoms with Gasteiger partial charge in [-0.25, -0.2) is 13.6 Å². The number of hydrogen-bond acceptors (Lipinski definition) is 4. The number of aliphatic carboxylic acids is 1. The Morgan fingerprint density at radius 3 is 2.44 bits per heavy atom. The van der Waals surface area contributed by atoms with Gasteiger partial charge < -0.3 is 20.1 Å². The molecule has 0 saturated carbocycles. The van der Waals surface area contributed by atoms with Crippen LogP contribution in [0.15, 0.2) is 18.2 Å². The van der Waals surface area contributed by atoms with E-state index in [9.17, 15) is 28.3 Å². The number of amides is 2. The molecule has 0 aromatic heterocycles. The van der Waals surface area contributed by atoms with Crippen LogP contribution in [0.4, 0.5) is 13.6 Å². The van der Waals surface area contributed by atoms with Crippen molar-refractivity contribution >= 4 is 18.0 Å². The minimum atomic E-state index is -1.18. The summed E-state index contributed by atoms with van der Waals surface area (Å²) < 4.78 is 31.5. The average molecular weight is 384 g/mol. The number of benzene rings is 1. The highest BCUT2D eigenvalue weighted by Crippen LogP contribution is 2.21. The van der Waals surface area contributed by atoms with Gasteiger partial charge in [0.2, 0.25) is 0 Å². The highest BCUT2D eigenvalue weighted by atomic mass is 19.2. The molecule has 1 aromatic rings. The summed E-state index contributed by atoms with van der Waals surface area (Å²) >= 11 is 0. The van der Waals surface area contributed by atoms with Crippen LogP contribution < -0.4 is 5.32 Å². The van der Waals surface area contributed by atoms with Crippen molar-refractivity contribution in [2.45, 2.75) is 38.8 Å². The molecular formula is C18H22F2N2O5. The molecule has 148 valence electrons. The summed E-state index contributed by atoms with van der Waals surface area (Å²) in [4.78, 5) is 37.3. The Bertz CT molecular complexity index is 748. The zero-order chi connectivity index (χ0) is 20.4. The van der Waals surface area contributed by atoms with Gasteiger partial charge in [0.25, 0.3) is 5.91 Å². The van der Waals surface area contributed by atoms with Gasteiger partial charge in [0, 0.05) is 24.7 Å². The molecule has 7 nitrogen and oxygen atoms in total. The summed E-state index contributed by atoms with van der Waals surface area (Å²) in [6.07, 6.45) is -0.440. The fourth-order valence-electron chi connectivity index (χ4n) is 2.76. The summed E-state index contributed by atoms with van der Waals surface area (Å²) in [7, 11) is 0. The fraction of sp³-hybridized carbons (Fsp3) is 0.500. The second-order valence-corrected chi connectivity index (χ2v) is 7.37. The lowest BCUT2D eigenvalue weighted by atomic mass is 9.92. The number of ether oxygens (including phenoxy) is 1. The number of likely N-dealkylation sites (tertiary alicyclic amines) is 1. The molecule has 1 heterocycles. The molecule has 2 unspecified atom stereocenters. The molecule has 1 aliphatic rings. The SMILES string of the molecule is CC(C)(C)OC(=O)N1CCC(NC(=O)c2ccc(F)c(F)c2)C(C(=O)O)C1. The van der Waals surface area contributed by atoms with Gasteiger partial charge in [-0.05, 0) is 45.4 Å². The first-order chi connectivity index (χ1) is 12.5. The summed E-state index contributed by atoms with van der Waals surface area (Å²) in [5.74, 6) is -5.20. The van der Waals surface area contributed by atoms with Crippen LogP contribution in [0, 0.1) is 17.6 Å². The first-order valence-electron chi connectivity index (χ1n) is 8.44. The molecule has 0 spiro atoms. The molecule has 1 fully saturated rings. The van der Waals surface area contributed by atoms with Gasteiger partial charge in [-0.1, -0.05) is 0 Å². The van der Waals surface area contributed by atoms with Crippen molar-refractivity contribution in [2.24, 2.45) is 5.92 Å². The summed E-state index contributed by atoms with van der Waals surface area (Å²) in [6.45, 7) is 5.17. The van der Waals surface area contributed by atoms with Crippen molar-refractivity contribution in [3.8, 4) is 0 Å². The third kappa shape index (κ3) is 5.38. The van der Waals surface area contributed by atoms with E-state index in [4.69, 9.17) is 4.74 Å². The lowest BCUT2D eigenvalue weighted by molar-refractivity contribution is -0.144. The van der Waals surface area contributed by atoms with E-state index in [0.717, 1.165) is 18.2 Å². The number of hydrogen-bond donors (Lipinski definition) is 2. The maximum Gasteiger partial charge on any atom is 0.410 e. The van der Waals surface area contributed by atoms with Crippen LogP contribution in [0.25, 0.3) is 0 Å². The molecule has 1 saturated heterocycles. The number of halogens is 2. The Labute approximate surface area is 155 Å². The second kappa shape index (κ2) is 7.89. The van der Waals surface area contributed by atoms with Crippen molar-refractivity contribution in [2.75, 3.05) is 13.1 Å². The highest BCUT2D eigenvalue weighted by molar-refractivity contribution is 5.94. The molecule has 1 aromatic carbocycles. The molecule has 0 aliphatic carbocycles. The molecule has 2 rings (SSSR count). The van der Waals surface area contributed by atoms with Crippen LogP contribution in [0.5, 0.6) is 0 Å². The third-order valence-electron chi connectivity index (χ3n) is 4.08. The van der Waals surface area contributed by atoms with Gasteiger partial charge in [-0.2, -0.15) is 0 Å². The van der Waals surface area contributed by atoms with Crippen molar-refractivity contribution in [1.29, 1.82) is 0 Å². The number of nitrogens with one attached hydrogen (secondary N) is 1. The minimum Gasteiger partial charge on any atom is -0.481 e. The normalized spacial score (nSPS) is 20.1.